The second kappa shape index (κ2) is 14.5. The smallest absolute Gasteiger partial charge is 0.0629 e. The number of benzene rings is 6. The molecule has 0 radical (unpaired) electrons. The fourth-order valence-corrected chi connectivity index (χ4v) is 12.3. The van der Waals surface area contributed by atoms with Gasteiger partial charge in [0.15, 0.2) is 0 Å². The Morgan fingerprint density at radius 2 is 1.27 bits per heavy atom. The number of fused-ring (bicyclic) bond motifs is 9. The third-order valence-corrected chi connectivity index (χ3v) is 15.4. The molecule has 0 saturated carbocycles. The summed E-state index contributed by atoms with van der Waals surface area (Å²) in [7, 11) is 0. The van der Waals surface area contributed by atoms with Crippen molar-refractivity contribution >= 4 is 17.1 Å². The van der Waals surface area contributed by atoms with Crippen molar-refractivity contribution in [1.29, 1.82) is 0 Å². The van der Waals surface area contributed by atoms with Gasteiger partial charge in [0.25, 0.3) is 0 Å². The molecule has 2 nitrogen and oxygen atoms in total. The zero-order valence-electron chi connectivity index (χ0n) is 36.7. The molecule has 0 fully saturated rings. The van der Waals surface area contributed by atoms with E-state index in [9.17, 15) is 0 Å². The van der Waals surface area contributed by atoms with Gasteiger partial charge in [0.2, 0.25) is 0 Å². The first-order valence-electron chi connectivity index (χ1n) is 23.1. The van der Waals surface area contributed by atoms with Gasteiger partial charge in [-0.2, -0.15) is 0 Å². The van der Waals surface area contributed by atoms with E-state index in [1.807, 2.05) is 0 Å². The lowest BCUT2D eigenvalue weighted by molar-refractivity contribution is 0.393. The van der Waals surface area contributed by atoms with Crippen molar-refractivity contribution in [2.24, 2.45) is 5.92 Å². The zero-order chi connectivity index (χ0) is 42.5. The first-order chi connectivity index (χ1) is 30.7. The molecule has 0 N–H and O–H groups in total. The Balaban J connectivity index is 0.955. The Morgan fingerprint density at radius 3 is 2.11 bits per heavy atom. The van der Waals surface area contributed by atoms with Gasteiger partial charge in [-0.25, -0.2) is 0 Å². The van der Waals surface area contributed by atoms with Gasteiger partial charge in [-0.05, 0) is 122 Å². The molecule has 0 saturated heterocycles. The monoisotopic (exact) mass is 814 g/mol. The Hall–Kier alpha value is -6.64. The summed E-state index contributed by atoms with van der Waals surface area (Å²) in [6.07, 6.45) is 23.7. The summed E-state index contributed by atoms with van der Waals surface area (Å²) in [6.45, 7) is 9.68. The second-order valence-corrected chi connectivity index (χ2v) is 19.8. The average Bonchev–Trinajstić information content (AvgIpc) is 3.77. The SMILES string of the molecule is CC1(C)CC2=CC=C(N(C3=CC4c5ccccc5C(C)(C)C4C=C3)c3cccc(-c4ccc5c(c4)N(c4ccc(-c6ccccc6)cc4)C4C=CC=CC54)c3)CC2c2ccccc21. The first-order valence-corrected chi connectivity index (χ1v) is 23.1. The van der Waals surface area contributed by atoms with E-state index in [2.05, 4.69) is 238 Å². The van der Waals surface area contributed by atoms with E-state index >= 15 is 0 Å². The maximum absolute atomic E-state index is 2.60. The minimum atomic E-state index is 0.0688. The van der Waals surface area contributed by atoms with Gasteiger partial charge in [-0.3, -0.25) is 0 Å². The molecule has 5 aliphatic carbocycles. The second-order valence-electron chi connectivity index (χ2n) is 19.8. The Bertz CT molecular complexity index is 2990. The highest BCUT2D eigenvalue weighted by Crippen LogP contribution is 2.56. The van der Waals surface area contributed by atoms with Gasteiger partial charge in [-0.15, -0.1) is 0 Å². The third-order valence-electron chi connectivity index (χ3n) is 15.4. The molecule has 0 aromatic heterocycles. The summed E-state index contributed by atoms with van der Waals surface area (Å²) in [6, 6.07) is 55.0. The lowest BCUT2D eigenvalue weighted by atomic mass is 9.64. The van der Waals surface area contributed by atoms with E-state index < -0.39 is 0 Å². The van der Waals surface area contributed by atoms with Crippen LogP contribution in [0.2, 0.25) is 0 Å². The molecule has 2 heteroatoms. The summed E-state index contributed by atoms with van der Waals surface area (Å²) < 4.78 is 0. The maximum atomic E-state index is 2.60. The van der Waals surface area contributed by atoms with E-state index in [4.69, 9.17) is 0 Å². The van der Waals surface area contributed by atoms with Crippen LogP contribution in [0.25, 0.3) is 22.3 Å². The van der Waals surface area contributed by atoms with Crippen LogP contribution in [0, 0.1) is 5.92 Å². The van der Waals surface area contributed by atoms with E-state index in [1.54, 1.807) is 5.57 Å². The van der Waals surface area contributed by atoms with Gasteiger partial charge in [0.05, 0.1) is 6.04 Å². The van der Waals surface area contributed by atoms with Crippen LogP contribution in [-0.2, 0) is 10.8 Å². The number of rotatable bonds is 6. The maximum Gasteiger partial charge on any atom is 0.0629 e. The zero-order valence-corrected chi connectivity index (χ0v) is 36.7. The third kappa shape index (κ3) is 6.13. The number of allylic oxidation sites excluding steroid dienone is 9. The molecule has 63 heavy (non-hydrogen) atoms. The summed E-state index contributed by atoms with van der Waals surface area (Å²) in [5.74, 6) is 1.41. The Labute approximate surface area is 373 Å². The van der Waals surface area contributed by atoms with Crippen molar-refractivity contribution in [1.82, 2.24) is 0 Å². The van der Waals surface area contributed by atoms with Gasteiger partial charge in [0.1, 0.15) is 0 Å². The molecule has 5 unspecified atom stereocenters. The summed E-state index contributed by atoms with van der Waals surface area (Å²) in [4.78, 5) is 5.15. The van der Waals surface area contributed by atoms with Crippen LogP contribution in [0.3, 0.4) is 0 Å². The molecule has 6 aromatic carbocycles. The number of nitrogens with zero attached hydrogens (tertiary/aromatic N) is 2. The van der Waals surface area contributed by atoms with Crippen LogP contribution < -0.4 is 9.80 Å². The molecule has 1 heterocycles. The van der Waals surface area contributed by atoms with Gasteiger partial charge in [0, 0.05) is 46.2 Å². The van der Waals surface area contributed by atoms with Crippen molar-refractivity contribution in [2.75, 3.05) is 9.80 Å². The van der Waals surface area contributed by atoms with E-state index in [0.29, 0.717) is 23.7 Å². The summed E-state index contributed by atoms with van der Waals surface area (Å²) in [5, 5.41) is 0. The first kappa shape index (κ1) is 38.1. The van der Waals surface area contributed by atoms with Crippen molar-refractivity contribution in [3.63, 3.8) is 0 Å². The predicted octanol–water partition coefficient (Wildman–Crippen LogP) is 15.4. The molecule has 5 atom stereocenters. The predicted molar refractivity (Wildman–Crippen MR) is 264 cm³/mol. The van der Waals surface area contributed by atoms with Gasteiger partial charge in [-0.1, -0.05) is 191 Å². The fraction of sp³-hybridized carbons (Fsp3) is 0.213. The normalized spacial score (nSPS) is 23.9. The van der Waals surface area contributed by atoms with Crippen LogP contribution in [0.1, 0.15) is 86.1 Å². The van der Waals surface area contributed by atoms with Crippen molar-refractivity contribution in [3.05, 3.63) is 245 Å². The largest absolute Gasteiger partial charge is 0.333 e. The molecule has 12 rings (SSSR count). The number of hydrogen-bond donors (Lipinski definition) is 0. The van der Waals surface area contributed by atoms with Crippen molar-refractivity contribution in [2.45, 2.75) is 75.2 Å². The van der Waals surface area contributed by atoms with Crippen LogP contribution in [0.4, 0.5) is 17.1 Å². The van der Waals surface area contributed by atoms with Crippen LogP contribution >= 0.6 is 0 Å². The molecule has 0 amide bonds. The highest BCUT2D eigenvalue weighted by molar-refractivity contribution is 5.82. The van der Waals surface area contributed by atoms with E-state index in [-0.39, 0.29) is 16.9 Å². The van der Waals surface area contributed by atoms with Gasteiger partial charge < -0.3 is 9.80 Å². The lowest BCUT2D eigenvalue weighted by Crippen LogP contribution is -2.32. The highest BCUT2D eigenvalue weighted by atomic mass is 15.2. The minimum absolute atomic E-state index is 0.0688. The van der Waals surface area contributed by atoms with E-state index in [1.165, 1.54) is 78.5 Å². The van der Waals surface area contributed by atoms with Crippen LogP contribution in [0.15, 0.2) is 217 Å². The van der Waals surface area contributed by atoms with Crippen LogP contribution in [0.5, 0.6) is 0 Å². The fourth-order valence-electron chi connectivity index (χ4n) is 12.3. The molecule has 6 aliphatic rings. The molecule has 0 bridgehead atoms. The van der Waals surface area contributed by atoms with E-state index in [0.717, 1.165) is 12.8 Å². The molecule has 0 spiro atoms. The highest BCUT2D eigenvalue weighted by Gasteiger charge is 2.46. The number of hydrogen-bond acceptors (Lipinski definition) is 2. The summed E-state index contributed by atoms with van der Waals surface area (Å²) in [5.41, 5.74) is 20.3. The van der Waals surface area contributed by atoms with Crippen molar-refractivity contribution < 1.29 is 0 Å². The molecule has 1 aliphatic heterocycles. The number of anilines is 3. The topological polar surface area (TPSA) is 6.48 Å². The minimum Gasteiger partial charge on any atom is -0.333 e. The standard InChI is InChI=1S/C61H54N2/c1-60(2)39-44-27-31-47(37-53(44)49-19-8-11-22-55(49)60)62(48-32-34-57-54(38-48)50-20-9-12-23-56(50)61(57,3)4)46-18-14-17-42(35-46)43-28-33-52-51-21-10-13-24-58(51)63(59(52)36-43)45-29-25-41(26-30-45)40-15-6-5-7-16-40/h5-36,38,51,53-54,57-58H,37,39H2,1-4H3. The van der Waals surface area contributed by atoms with Gasteiger partial charge >= 0.3 is 0 Å². The lowest BCUT2D eigenvalue weighted by Gasteiger charge is -2.42. The average molecular weight is 815 g/mol. The molecule has 308 valence electrons. The Kier molecular flexibility index (Phi) is 8.74. The molecular weight excluding hydrogens is 761 g/mol. The molecular formula is C61H54N2. The van der Waals surface area contributed by atoms with Crippen molar-refractivity contribution in [3.8, 4) is 22.3 Å². The van der Waals surface area contributed by atoms with Crippen LogP contribution in [-0.4, -0.2) is 6.04 Å². The Morgan fingerprint density at radius 1 is 0.571 bits per heavy atom. The molecule has 6 aromatic rings. The summed E-state index contributed by atoms with van der Waals surface area (Å²) >= 11 is 0. The quantitative estimate of drug-likeness (QED) is 0.165.